The second kappa shape index (κ2) is 7.53. The number of nitrogens with zero attached hydrogens (tertiary/aromatic N) is 1. The van der Waals surface area contributed by atoms with Gasteiger partial charge in [0.1, 0.15) is 0 Å². The van der Waals surface area contributed by atoms with Gasteiger partial charge in [0.25, 0.3) is 5.56 Å². The summed E-state index contributed by atoms with van der Waals surface area (Å²) in [5.74, 6) is 0. The number of hydrogen-bond donors (Lipinski definition) is 1. The second-order valence-electron chi connectivity index (χ2n) is 6.80. The highest BCUT2D eigenvalue weighted by molar-refractivity contribution is 5.61. The van der Waals surface area contributed by atoms with E-state index in [1.165, 1.54) is 0 Å². The number of aromatic amines is 1. The Morgan fingerprint density at radius 3 is 1.82 bits per heavy atom. The van der Waals surface area contributed by atoms with Crippen molar-refractivity contribution in [2.75, 3.05) is 0 Å². The molecule has 0 atom stereocenters. The molecule has 28 heavy (non-hydrogen) atoms. The molecule has 4 heteroatoms. The van der Waals surface area contributed by atoms with Gasteiger partial charge in [0.15, 0.2) is 0 Å². The fourth-order valence-electron chi connectivity index (χ4n) is 3.40. The number of aromatic nitrogens is 2. The molecule has 0 aliphatic carbocycles. The Morgan fingerprint density at radius 2 is 1.29 bits per heavy atom. The Morgan fingerprint density at radius 1 is 0.750 bits per heavy atom. The first kappa shape index (κ1) is 17.7. The highest BCUT2D eigenvalue weighted by Gasteiger charge is 2.19. The molecule has 0 radical (unpaired) electrons. The van der Waals surface area contributed by atoms with Crippen molar-refractivity contribution in [2.24, 2.45) is 0 Å². The third-order valence-corrected chi connectivity index (χ3v) is 4.84. The van der Waals surface area contributed by atoms with Crippen LogP contribution in [0, 0.1) is 6.92 Å². The Labute approximate surface area is 162 Å². The van der Waals surface area contributed by atoms with Crippen molar-refractivity contribution < 1.29 is 0 Å². The van der Waals surface area contributed by atoms with Gasteiger partial charge in [-0.3, -0.25) is 14.3 Å². The maximum atomic E-state index is 12.8. The van der Waals surface area contributed by atoms with Crippen LogP contribution in [0.2, 0.25) is 0 Å². The van der Waals surface area contributed by atoms with Crippen LogP contribution in [0.1, 0.15) is 22.7 Å². The van der Waals surface area contributed by atoms with Crippen LogP contribution in [-0.4, -0.2) is 9.55 Å². The molecule has 0 unspecified atom stereocenters. The standard InChI is InChI=1S/C24H20N2O2/c1-17-12-14-18(15-13-17)21-16-26(24(28)25-23(21)27)22(19-8-4-2-5-9-19)20-10-6-3-7-11-20/h2-16,22H,1H3,(H,25,27,28). The van der Waals surface area contributed by atoms with Gasteiger partial charge in [-0.2, -0.15) is 0 Å². The van der Waals surface area contributed by atoms with Crippen molar-refractivity contribution in [3.8, 4) is 11.1 Å². The number of rotatable bonds is 4. The van der Waals surface area contributed by atoms with Gasteiger partial charge in [0, 0.05) is 6.20 Å². The zero-order chi connectivity index (χ0) is 19.5. The second-order valence-corrected chi connectivity index (χ2v) is 6.80. The van der Waals surface area contributed by atoms with Crippen molar-refractivity contribution in [1.82, 2.24) is 9.55 Å². The van der Waals surface area contributed by atoms with Crippen LogP contribution in [0.25, 0.3) is 11.1 Å². The van der Waals surface area contributed by atoms with Crippen LogP contribution in [0.4, 0.5) is 0 Å². The van der Waals surface area contributed by atoms with Gasteiger partial charge in [0.2, 0.25) is 0 Å². The Bertz CT molecular complexity index is 1150. The molecule has 4 nitrogen and oxygen atoms in total. The molecule has 0 aliphatic heterocycles. The topological polar surface area (TPSA) is 54.9 Å². The zero-order valence-corrected chi connectivity index (χ0v) is 15.5. The summed E-state index contributed by atoms with van der Waals surface area (Å²) >= 11 is 0. The van der Waals surface area contributed by atoms with E-state index in [1.807, 2.05) is 91.9 Å². The van der Waals surface area contributed by atoms with E-state index in [4.69, 9.17) is 0 Å². The average molecular weight is 368 g/mol. The van der Waals surface area contributed by atoms with Crippen molar-refractivity contribution in [1.29, 1.82) is 0 Å². The van der Waals surface area contributed by atoms with Gasteiger partial charge in [-0.15, -0.1) is 0 Å². The first-order chi connectivity index (χ1) is 13.6. The summed E-state index contributed by atoms with van der Waals surface area (Å²) in [6.45, 7) is 2.00. The van der Waals surface area contributed by atoms with Crippen molar-refractivity contribution in [2.45, 2.75) is 13.0 Å². The Balaban J connectivity index is 1.94. The van der Waals surface area contributed by atoms with Crippen molar-refractivity contribution >= 4 is 0 Å². The summed E-state index contributed by atoms with van der Waals surface area (Å²) in [4.78, 5) is 27.8. The van der Waals surface area contributed by atoms with E-state index in [1.54, 1.807) is 10.8 Å². The molecule has 4 aromatic rings. The molecule has 0 bridgehead atoms. The molecule has 0 amide bonds. The molecule has 4 rings (SSSR count). The Hall–Kier alpha value is -3.66. The van der Waals surface area contributed by atoms with Crippen LogP contribution >= 0.6 is 0 Å². The SMILES string of the molecule is Cc1ccc(-c2cn(C(c3ccccc3)c3ccccc3)c(=O)[nH]c2=O)cc1. The molecule has 0 spiro atoms. The van der Waals surface area contributed by atoms with Crippen LogP contribution in [0.5, 0.6) is 0 Å². The summed E-state index contributed by atoms with van der Waals surface area (Å²) in [5.41, 5.74) is 3.48. The molecule has 0 fully saturated rings. The number of hydrogen-bond acceptors (Lipinski definition) is 2. The maximum Gasteiger partial charge on any atom is 0.329 e. The molecular weight excluding hydrogens is 348 g/mol. The van der Waals surface area contributed by atoms with E-state index >= 15 is 0 Å². The Kier molecular flexibility index (Phi) is 4.77. The lowest BCUT2D eigenvalue weighted by atomic mass is 9.98. The minimum Gasteiger partial charge on any atom is -0.288 e. The summed E-state index contributed by atoms with van der Waals surface area (Å²) < 4.78 is 1.60. The molecule has 1 heterocycles. The van der Waals surface area contributed by atoms with Gasteiger partial charge in [-0.1, -0.05) is 90.5 Å². The third kappa shape index (κ3) is 3.45. The number of benzene rings is 3. The van der Waals surface area contributed by atoms with Crippen LogP contribution in [-0.2, 0) is 0 Å². The highest BCUT2D eigenvalue weighted by Crippen LogP contribution is 2.26. The summed E-state index contributed by atoms with van der Waals surface area (Å²) in [5, 5.41) is 0. The molecule has 0 saturated heterocycles. The number of nitrogens with one attached hydrogen (secondary N) is 1. The van der Waals surface area contributed by atoms with E-state index in [9.17, 15) is 9.59 Å². The predicted molar refractivity (Wildman–Crippen MR) is 112 cm³/mol. The lowest BCUT2D eigenvalue weighted by Gasteiger charge is -2.21. The quantitative estimate of drug-likeness (QED) is 0.588. The van der Waals surface area contributed by atoms with Crippen LogP contribution < -0.4 is 11.2 Å². The fourth-order valence-corrected chi connectivity index (χ4v) is 3.40. The van der Waals surface area contributed by atoms with Crippen molar-refractivity contribution in [3.05, 3.63) is 129 Å². The molecular formula is C24H20N2O2. The summed E-state index contributed by atoms with van der Waals surface area (Å²) in [6.07, 6.45) is 1.66. The molecule has 0 aliphatic rings. The molecule has 138 valence electrons. The van der Waals surface area contributed by atoms with E-state index in [2.05, 4.69) is 4.98 Å². The monoisotopic (exact) mass is 368 g/mol. The van der Waals surface area contributed by atoms with Crippen molar-refractivity contribution in [3.63, 3.8) is 0 Å². The first-order valence-electron chi connectivity index (χ1n) is 9.16. The summed E-state index contributed by atoms with van der Waals surface area (Å²) in [7, 11) is 0. The molecule has 3 aromatic carbocycles. The van der Waals surface area contributed by atoms with Gasteiger partial charge >= 0.3 is 5.69 Å². The lowest BCUT2D eigenvalue weighted by molar-refractivity contribution is 0.628. The smallest absolute Gasteiger partial charge is 0.288 e. The molecule has 1 aromatic heterocycles. The van der Waals surface area contributed by atoms with Gasteiger partial charge < -0.3 is 0 Å². The van der Waals surface area contributed by atoms with E-state index < -0.39 is 5.69 Å². The number of aryl methyl sites for hydroxylation is 1. The average Bonchev–Trinajstić information content (AvgIpc) is 2.72. The first-order valence-corrected chi connectivity index (χ1v) is 9.16. The van der Waals surface area contributed by atoms with Crippen LogP contribution in [0.3, 0.4) is 0 Å². The van der Waals surface area contributed by atoms with E-state index in [0.717, 1.165) is 22.3 Å². The zero-order valence-electron chi connectivity index (χ0n) is 15.5. The minimum absolute atomic E-state index is 0.337. The third-order valence-electron chi connectivity index (χ3n) is 4.84. The number of H-pyrrole nitrogens is 1. The van der Waals surface area contributed by atoms with Crippen LogP contribution in [0.15, 0.2) is 101 Å². The predicted octanol–water partition coefficient (Wildman–Crippen LogP) is 4.15. The normalized spacial score (nSPS) is 10.9. The lowest BCUT2D eigenvalue weighted by Crippen LogP contribution is -2.33. The van der Waals surface area contributed by atoms with Gasteiger partial charge in [0.05, 0.1) is 11.6 Å². The van der Waals surface area contributed by atoms with E-state index in [0.29, 0.717) is 5.56 Å². The summed E-state index contributed by atoms with van der Waals surface area (Å²) in [6, 6.07) is 27.0. The van der Waals surface area contributed by atoms with E-state index in [-0.39, 0.29) is 11.6 Å². The fraction of sp³-hybridized carbons (Fsp3) is 0.0833. The highest BCUT2D eigenvalue weighted by atomic mass is 16.2. The maximum absolute atomic E-state index is 12.8. The van der Waals surface area contributed by atoms with Gasteiger partial charge in [-0.05, 0) is 23.6 Å². The largest absolute Gasteiger partial charge is 0.329 e. The minimum atomic E-state index is -0.432. The molecule has 0 saturated carbocycles. The van der Waals surface area contributed by atoms with Gasteiger partial charge in [-0.25, -0.2) is 4.79 Å². The molecule has 1 N–H and O–H groups in total.